The van der Waals surface area contributed by atoms with Crippen molar-refractivity contribution in [2.24, 2.45) is 0 Å². The number of rotatable bonds is 1. The molecular weight excluding hydrogens is 867 g/mol. The maximum Gasteiger partial charge on any atom is 0.206 e. The molecule has 0 radical (unpaired) electrons. The van der Waals surface area contributed by atoms with Crippen molar-refractivity contribution in [3.63, 3.8) is 0 Å². The van der Waals surface area contributed by atoms with Gasteiger partial charge in [0, 0.05) is 60.7 Å². The van der Waals surface area contributed by atoms with Crippen LogP contribution in [0.1, 0.15) is 95.5 Å². The highest BCUT2D eigenvalue weighted by Gasteiger charge is 2.30. The molecule has 66 heavy (non-hydrogen) atoms. The Labute approximate surface area is 387 Å². The highest BCUT2D eigenvalue weighted by atomic mass is 32.2. The number of para-hydroxylation sites is 2. The number of hydrogen-bond donors (Lipinski definition) is 1. The van der Waals surface area contributed by atoms with Crippen molar-refractivity contribution in [1.29, 1.82) is 0 Å². The van der Waals surface area contributed by atoms with Gasteiger partial charge in [-0.1, -0.05) is 116 Å². The molecule has 2 aromatic heterocycles. The third-order valence-corrected chi connectivity index (χ3v) is 13.9. The number of fused-ring (bicyclic) bond motifs is 8. The number of thioether (sulfide) groups is 2. The predicted octanol–water partition coefficient (Wildman–Crippen LogP) is 11.5. The molecule has 11 heteroatoms. The molecule has 0 amide bonds. The summed E-state index contributed by atoms with van der Waals surface area (Å²) in [4.78, 5) is 74.6. The lowest BCUT2D eigenvalue weighted by Gasteiger charge is -2.17. The number of nitrogen functional groups attached to an aromatic ring is 1. The Morgan fingerprint density at radius 2 is 0.848 bits per heavy atom. The van der Waals surface area contributed by atoms with E-state index < -0.39 is 0 Å². The molecule has 12 rings (SSSR count). The van der Waals surface area contributed by atoms with Gasteiger partial charge in [-0.25, -0.2) is 0 Å². The lowest BCUT2D eigenvalue weighted by Crippen LogP contribution is -2.20. The van der Waals surface area contributed by atoms with E-state index in [1.54, 1.807) is 115 Å². The van der Waals surface area contributed by atoms with Crippen molar-refractivity contribution in [2.75, 3.05) is 5.73 Å². The summed E-state index contributed by atoms with van der Waals surface area (Å²) < 4.78 is 11.5. The van der Waals surface area contributed by atoms with Gasteiger partial charge < -0.3 is 14.6 Å². The topological polar surface area (TPSA) is 155 Å². The second-order valence-corrected chi connectivity index (χ2v) is 18.2. The van der Waals surface area contributed by atoms with E-state index >= 15 is 0 Å². The van der Waals surface area contributed by atoms with E-state index in [-0.39, 0.29) is 34.0 Å². The SMILES string of the molecule is CC1C=Cc2oc3ccccc3c(=O)c2S1.CCC1C=Cc2oc3ccccc3c(=O)c2S1.Nc1ccc2c(c1)C(=O)c1ccccc1C2=O.O=C1c2ccccc2C(=O)c2ccccc21. The lowest BCUT2D eigenvalue weighted by molar-refractivity contribution is 0.0979. The zero-order valence-corrected chi connectivity index (χ0v) is 37.2. The van der Waals surface area contributed by atoms with Crippen molar-refractivity contribution in [3.05, 3.63) is 228 Å². The molecule has 6 aromatic carbocycles. The van der Waals surface area contributed by atoms with Gasteiger partial charge in [-0.05, 0) is 68.0 Å². The van der Waals surface area contributed by atoms with Crippen molar-refractivity contribution in [3.8, 4) is 0 Å². The maximum atomic E-state index is 12.3. The fourth-order valence-electron chi connectivity index (χ4n) is 7.95. The summed E-state index contributed by atoms with van der Waals surface area (Å²) in [6, 6.07) is 40.3. The number of benzene rings is 6. The van der Waals surface area contributed by atoms with Crippen LogP contribution < -0.4 is 16.6 Å². The molecule has 0 saturated heterocycles. The molecule has 0 fully saturated rings. The fraction of sp³-hybridized carbons (Fsp3) is 0.0909. The molecule has 2 atom stereocenters. The van der Waals surface area contributed by atoms with Gasteiger partial charge >= 0.3 is 0 Å². The second-order valence-electron chi connectivity index (χ2n) is 15.6. The molecular formula is C55H39NO8S2. The molecule has 0 bridgehead atoms. The van der Waals surface area contributed by atoms with E-state index in [2.05, 4.69) is 19.9 Å². The molecule has 0 spiro atoms. The third kappa shape index (κ3) is 8.30. The van der Waals surface area contributed by atoms with Crippen LogP contribution in [0.4, 0.5) is 5.69 Å². The Balaban J connectivity index is 0.000000111. The van der Waals surface area contributed by atoms with Crippen LogP contribution in [0.5, 0.6) is 0 Å². The van der Waals surface area contributed by atoms with Crippen LogP contribution in [-0.4, -0.2) is 33.6 Å². The van der Waals surface area contributed by atoms with E-state index in [1.807, 2.05) is 66.8 Å². The van der Waals surface area contributed by atoms with Gasteiger partial charge in [-0.2, -0.15) is 0 Å². The Morgan fingerprint density at radius 1 is 0.470 bits per heavy atom. The summed E-state index contributed by atoms with van der Waals surface area (Å²) in [5.74, 6) is 1.00. The molecule has 0 saturated carbocycles. The summed E-state index contributed by atoms with van der Waals surface area (Å²) in [6.45, 7) is 4.19. The van der Waals surface area contributed by atoms with E-state index in [0.717, 1.165) is 16.2 Å². The lowest BCUT2D eigenvalue weighted by atomic mass is 9.84. The smallest absolute Gasteiger partial charge is 0.206 e. The summed E-state index contributed by atoms with van der Waals surface area (Å²) in [5, 5.41) is 2.04. The van der Waals surface area contributed by atoms with Crippen LogP contribution in [0, 0.1) is 0 Å². The van der Waals surface area contributed by atoms with Gasteiger partial charge in [0.15, 0.2) is 23.1 Å². The van der Waals surface area contributed by atoms with E-state index in [4.69, 9.17) is 14.6 Å². The maximum absolute atomic E-state index is 12.3. The Hall–Kier alpha value is -7.60. The summed E-state index contributed by atoms with van der Waals surface area (Å²) in [6.07, 6.45) is 8.99. The number of nitrogens with two attached hydrogens (primary N) is 1. The highest BCUT2D eigenvalue weighted by Crippen LogP contribution is 2.35. The zero-order valence-electron chi connectivity index (χ0n) is 35.6. The van der Waals surface area contributed by atoms with Crippen molar-refractivity contribution in [1.82, 2.24) is 0 Å². The molecule has 8 aromatic rings. The van der Waals surface area contributed by atoms with Gasteiger partial charge in [0.25, 0.3) is 0 Å². The normalized spacial score (nSPS) is 15.8. The number of anilines is 1. The molecule has 2 unspecified atom stereocenters. The van der Waals surface area contributed by atoms with Crippen molar-refractivity contribution in [2.45, 2.75) is 40.6 Å². The number of carbonyl (C=O) groups excluding carboxylic acids is 4. The number of carbonyl (C=O) groups is 4. The number of hydrogen-bond acceptors (Lipinski definition) is 11. The fourth-order valence-corrected chi connectivity index (χ4v) is 9.99. The van der Waals surface area contributed by atoms with Gasteiger partial charge in [0.1, 0.15) is 22.7 Å². The van der Waals surface area contributed by atoms with Gasteiger partial charge in [0.2, 0.25) is 10.9 Å². The summed E-state index contributed by atoms with van der Waals surface area (Å²) >= 11 is 3.17. The molecule has 2 N–H and O–H groups in total. The van der Waals surface area contributed by atoms with Gasteiger partial charge in [-0.15, -0.1) is 23.5 Å². The van der Waals surface area contributed by atoms with Gasteiger partial charge in [-0.3, -0.25) is 28.8 Å². The van der Waals surface area contributed by atoms with E-state index in [1.165, 1.54) is 0 Å². The number of ketones is 4. The minimum Gasteiger partial charge on any atom is -0.455 e. The molecule has 4 aliphatic rings. The minimum atomic E-state index is -0.137. The van der Waals surface area contributed by atoms with Crippen LogP contribution >= 0.6 is 23.5 Å². The Morgan fingerprint density at radius 3 is 1.30 bits per heavy atom. The first-order valence-corrected chi connectivity index (χ1v) is 22.9. The summed E-state index contributed by atoms with van der Waals surface area (Å²) in [7, 11) is 0. The molecule has 2 aliphatic carbocycles. The molecule has 2 aliphatic heterocycles. The highest BCUT2D eigenvalue weighted by molar-refractivity contribution is 8.00. The minimum absolute atomic E-state index is 0.0641. The van der Waals surface area contributed by atoms with Crippen LogP contribution in [0.3, 0.4) is 0 Å². The van der Waals surface area contributed by atoms with Crippen molar-refractivity contribution >= 4 is 86.4 Å². The largest absolute Gasteiger partial charge is 0.455 e. The standard InChI is InChI=1S/C14H9NO2.C14H12O2S.C14H8O2.C13H10O2S/c15-8-5-6-11-12(7-8)14(17)10-4-2-1-3-9(10)13(11)16;1-2-9-7-8-12-14(17-9)13(15)10-5-3-4-6-11(10)16-12;15-13-9-5-1-2-6-10(9)14(16)12-8-4-3-7-11(12)13;1-8-6-7-11-13(16-8)12(14)9-4-2-3-5-10(9)15-11/h1-7H,15H2;3-9H,2H2,1H3;1-8H;2-8H,1H3. The van der Waals surface area contributed by atoms with Crippen molar-refractivity contribution < 1.29 is 28.0 Å². The molecule has 9 nitrogen and oxygen atoms in total. The average molecular weight is 906 g/mol. The van der Waals surface area contributed by atoms with Crippen LogP contribution in [0.2, 0.25) is 0 Å². The zero-order chi connectivity index (χ0) is 46.1. The van der Waals surface area contributed by atoms with Crippen LogP contribution in [0.25, 0.3) is 34.1 Å². The first kappa shape index (κ1) is 43.6. The Bertz CT molecular complexity index is 3380. The quantitative estimate of drug-likeness (QED) is 0.156. The van der Waals surface area contributed by atoms with E-state index in [0.29, 0.717) is 94.2 Å². The van der Waals surface area contributed by atoms with Crippen LogP contribution in [-0.2, 0) is 0 Å². The summed E-state index contributed by atoms with van der Waals surface area (Å²) in [5.41, 5.74) is 11.4. The Kier molecular flexibility index (Phi) is 12.2. The van der Waals surface area contributed by atoms with E-state index in [9.17, 15) is 28.8 Å². The third-order valence-electron chi connectivity index (χ3n) is 11.3. The first-order valence-electron chi connectivity index (χ1n) is 21.2. The first-order chi connectivity index (χ1) is 32.0. The molecule has 324 valence electrons. The average Bonchev–Trinajstić information content (AvgIpc) is 3.36. The second kappa shape index (κ2) is 18.5. The van der Waals surface area contributed by atoms with Crippen LogP contribution in [0.15, 0.2) is 180 Å². The monoisotopic (exact) mass is 905 g/mol. The molecule has 4 heterocycles. The van der Waals surface area contributed by atoms with Gasteiger partial charge in [0.05, 0.1) is 20.6 Å². The predicted molar refractivity (Wildman–Crippen MR) is 262 cm³/mol.